The summed E-state index contributed by atoms with van der Waals surface area (Å²) in [4.78, 5) is 13.4. The highest BCUT2D eigenvalue weighted by Crippen LogP contribution is 2.32. The topological polar surface area (TPSA) is 66.5 Å². The van der Waals surface area contributed by atoms with Crippen LogP contribution in [0.1, 0.15) is 5.56 Å². The van der Waals surface area contributed by atoms with Crippen molar-refractivity contribution in [1.29, 1.82) is 0 Å². The highest BCUT2D eigenvalue weighted by atomic mass is 79.9. The maximum atomic E-state index is 12.4. The monoisotopic (exact) mass is 464 g/mol. The van der Waals surface area contributed by atoms with E-state index in [9.17, 15) is 13.2 Å². The van der Waals surface area contributed by atoms with E-state index < -0.39 is 16.6 Å². The zero-order chi connectivity index (χ0) is 18.6. The van der Waals surface area contributed by atoms with Gasteiger partial charge in [-0.3, -0.25) is 4.79 Å². The Morgan fingerprint density at radius 1 is 1.16 bits per heavy atom. The van der Waals surface area contributed by atoms with E-state index in [4.69, 9.17) is 23.2 Å². The van der Waals surface area contributed by atoms with Gasteiger partial charge in [-0.25, -0.2) is 13.1 Å². The lowest BCUT2D eigenvalue weighted by Gasteiger charge is -2.18. The van der Waals surface area contributed by atoms with Crippen molar-refractivity contribution in [3.63, 3.8) is 0 Å². The SMILES string of the molecule is CN(Cc1ccccc1)C(=O)CNS(=O)(=O)c1c(Cl)cc(Br)cc1Cl. The summed E-state index contributed by atoms with van der Waals surface area (Å²) in [7, 11) is -2.42. The Bertz CT molecular complexity index is 853. The number of nitrogens with one attached hydrogen (secondary N) is 1. The lowest BCUT2D eigenvalue weighted by Crippen LogP contribution is -2.38. The molecule has 0 bridgehead atoms. The third kappa shape index (κ3) is 5.43. The number of sulfonamides is 1. The van der Waals surface area contributed by atoms with Gasteiger partial charge in [0.2, 0.25) is 15.9 Å². The molecule has 25 heavy (non-hydrogen) atoms. The summed E-state index contributed by atoms with van der Waals surface area (Å²) < 4.78 is 27.6. The van der Waals surface area contributed by atoms with Gasteiger partial charge in [-0.1, -0.05) is 69.5 Å². The van der Waals surface area contributed by atoms with Crippen molar-refractivity contribution in [3.8, 4) is 0 Å². The molecule has 0 saturated heterocycles. The van der Waals surface area contributed by atoms with Crippen LogP contribution in [-0.4, -0.2) is 32.8 Å². The summed E-state index contributed by atoms with van der Waals surface area (Å²) in [6.45, 7) is -0.0183. The largest absolute Gasteiger partial charge is 0.340 e. The van der Waals surface area contributed by atoms with Crippen LogP contribution in [0, 0.1) is 0 Å². The fourth-order valence-electron chi connectivity index (χ4n) is 2.10. The smallest absolute Gasteiger partial charge is 0.244 e. The van der Waals surface area contributed by atoms with Crippen LogP contribution in [0.5, 0.6) is 0 Å². The van der Waals surface area contributed by atoms with Crippen molar-refractivity contribution in [2.45, 2.75) is 11.4 Å². The standard InChI is InChI=1S/C16H15BrCl2N2O3S/c1-21(10-11-5-3-2-4-6-11)15(22)9-20-25(23,24)16-13(18)7-12(17)8-14(16)19/h2-8,20H,9-10H2,1H3. The third-order valence-electron chi connectivity index (χ3n) is 3.33. The Kier molecular flexibility index (Phi) is 6.87. The molecule has 2 aromatic carbocycles. The molecule has 0 aromatic heterocycles. The van der Waals surface area contributed by atoms with Crippen molar-refractivity contribution < 1.29 is 13.2 Å². The van der Waals surface area contributed by atoms with Crippen molar-refractivity contribution >= 4 is 55.1 Å². The highest BCUT2D eigenvalue weighted by molar-refractivity contribution is 9.10. The summed E-state index contributed by atoms with van der Waals surface area (Å²) >= 11 is 15.1. The quantitative estimate of drug-likeness (QED) is 0.707. The average Bonchev–Trinajstić information content (AvgIpc) is 2.52. The summed E-state index contributed by atoms with van der Waals surface area (Å²) in [5.41, 5.74) is 0.945. The number of carbonyl (C=O) groups is 1. The van der Waals surface area contributed by atoms with Crippen LogP contribution >= 0.6 is 39.1 Å². The average molecular weight is 466 g/mol. The molecule has 0 heterocycles. The number of rotatable bonds is 6. The molecule has 1 N–H and O–H groups in total. The molecule has 2 aromatic rings. The van der Waals surface area contributed by atoms with Crippen LogP contribution in [-0.2, 0) is 21.4 Å². The number of carbonyl (C=O) groups excluding carboxylic acids is 1. The minimum Gasteiger partial charge on any atom is -0.340 e. The second-order valence-electron chi connectivity index (χ2n) is 5.26. The van der Waals surface area contributed by atoms with Crippen LogP contribution in [0.15, 0.2) is 51.8 Å². The molecular formula is C16H15BrCl2N2O3S. The number of hydrogen-bond donors (Lipinski definition) is 1. The maximum Gasteiger partial charge on any atom is 0.244 e. The summed E-state index contributed by atoms with van der Waals surface area (Å²) in [5, 5.41) is -0.0612. The predicted octanol–water partition coefficient (Wildman–Crippen LogP) is 3.69. The van der Waals surface area contributed by atoms with E-state index in [1.807, 2.05) is 30.3 Å². The Hall–Kier alpha value is -1.12. The van der Waals surface area contributed by atoms with Crippen molar-refractivity contribution in [3.05, 3.63) is 62.5 Å². The van der Waals surface area contributed by atoms with E-state index in [0.29, 0.717) is 11.0 Å². The minimum atomic E-state index is -4.02. The maximum absolute atomic E-state index is 12.4. The fourth-order valence-corrected chi connectivity index (χ4v) is 5.00. The first-order valence-corrected chi connectivity index (χ1v) is 10.2. The summed E-state index contributed by atoms with van der Waals surface area (Å²) in [6, 6.07) is 12.2. The van der Waals surface area contributed by atoms with Gasteiger partial charge in [-0.05, 0) is 17.7 Å². The molecule has 2 rings (SSSR count). The molecule has 9 heteroatoms. The van der Waals surface area contributed by atoms with Gasteiger partial charge in [0.1, 0.15) is 4.90 Å². The number of hydrogen-bond acceptors (Lipinski definition) is 3. The van der Waals surface area contributed by atoms with E-state index in [-0.39, 0.29) is 20.8 Å². The van der Waals surface area contributed by atoms with Crippen molar-refractivity contribution in [1.82, 2.24) is 9.62 Å². The first-order chi connectivity index (χ1) is 11.7. The molecule has 134 valence electrons. The minimum absolute atomic E-state index is 0.0306. The van der Waals surface area contributed by atoms with Gasteiger partial charge in [0.15, 0.2) is 0 Å². The lowest BCUT2D eigenvalue weighted by molar-refractivity contribution is -0.129. The first-order valence-electron chi connectivity index (χ1n) is 7.13. The van der Waals surface area contributed by atoms with Gasteiger partial charge in [-0.2, -0.15) is 0 Å². The molecule has 0 fully saturated rings. The van der Waals surface area contributed by atoms with Crippen molar-refractivity contribution in [2.24, 2.45) is 0 Å². The molecule has 0 unspecified atom stereocenters. The summed E-state index contributed by atoms with van der Waals surface area (Å²) in [6.07, 6.45) is 0. The van der Waals surface area contributed by atoms with Gasteiger partial charge < -0.3 is 4.90 Å². The second-order valence-corrected chi connectivity index (χ2v) is 8.69. The molecule has 5 nitrogen and oxygen atoms in total. The van der Waals surface area contributed by atoms with Gasteiger partial charge in [-0.15, -0.1) is 0 Å². The predicted molar refractivity (Wildman–Crippen MR) is 102 cm³/mol. The van der Waals surface area contributed by atoms with Gasteiger partial charge >= 0.3 is 0 Å². The summed E-state index contributed by atoms with van der Waals surface area (Å²) in [5.74, 6) is -0.378. The number of nitrogens with zero attached hydrogens (tertiary/aromatic N) is 1. The normalized spacial score (nSPS) is 11.4. The number of amides is 1. The van der Waals surface area contributed by atoms with Gasteiger partial charge in [0.05, 0.1) is 16.6 Å². The molecule has 0 aliphatic carbocycles. The first kappa shape index (κ1) is 20.2. The Morgan fingerprint density at radius 2 is 1.72 bits per heavy atom. The lowest BCUT2D eigenvalue weighted by atomic mass is 10.2. The van der Waals surface area contributed by atoms with Crippen molar-refractivity contribution in [2.75, 3.05) is 13.6 Å². The van der Waals surface area contributed by atoms with Crippen LogP contribution in [0.3, 0.4) is 0 Å². The molecular weight excluding hydrogens is 451 g/mol. The van der Waals surface area contributed by atoms with E-state index >= 15 is 0 Å². The number of likely N-dealkylation sites (N-methyl/N-ethyl adjacent to an activating group) is 1. The zero-order valence-electron chi connectivity index (χ0n) is 13.2. The van der Waals surface area contributed by atoms with Crippen LogP contribution in [0.25, 0.3) is 0 Å². The van der Waals surface area contributed by atoms with E-state index in [0.717, 1.165) is 5.56 Å². The van der Waals surface area contributed by atoms with Gasteiger partial charge in [0.25, 0.3) is 0 Å². The van der Waals surface area contributed by atoms with Crippen LogP contribution < -0.4 is 4.72 Å². The molecule has 0 aliphatic heterocycles. The molecule has 0 saturated carbocycles. The molecule has 1 amide bonds. The third-order valence-corrected chi connectivity index (χ3v) is 6.11. The van der Waals surface area contributed by atoms with E-state index in [1.165, 1.54) is 17.0 Å². The molecule has 0 aliphatic rings. The molecule has 0 spiro atoms. The second kappa shape index (κ2) is 8.51. The highest BCUT2D eigenvalue weighted by Gasteiger charge is 2.23. The van der Waals surface area contributed by atoms with E-state index in [2.05, 4.69) is 20.7 Å². The number of halogens is 3. The Labute approximate surface area is 165 Å². The molecule has 0 radical (unpaired) electrons. The van der Waals surface area contributed by atoms with E-state index in [1.54, 1.807) is 7.05 Å². The van der Waals surface area contributed by atoms with Crippen LogP contribution in [0.4, 0.5) is 0 Å². The Morgan fingerprint density at radius 3 is 2.28 bits per heavy atom. The Balaban J connectivity index is 2.06. The van der Waals surface area contributed by atoms with Crippen LogP contribution in [0.2, 0.25) is 10.0 Å². The van der Waals surface area contributed by atoms with Gasteiger partial charge in [0, 0.05) is 18.1 Å². The zero-order valence-corrected chi connectivity index (χ0v) is 17.1. The fraction of sp³-hybridized carbons (Fsp3) is 0.188. The number of benzene rings is 2. The molecule has 0 atom stereocenters.